The van der Waals surface area contributed by atoms with Gasteiger partial charge in [0.05, 0.1) is 23.2 Å². The Balaban J connectivity index is 1.89. The van der Waals surface area contributed by atoms with E-state index in [9.17, 15) is 14.4 Å². The minimum atomic E-state index is -0.766. The van der Waals surface area contributed by atoms with E-state index in [1.807, 2.05) is 42.5 Å². The van der Waals surface area contributed by atoms with Gasteiger partial charge >= 0.3 is 11.9 Å². The maximum atomic E-state index is 12.6. The van der Waals surface area contributed by atoms with E-state index in [0.29, 0.717) is 38.0 Å². The van der Waals surface area contributed by atoms with Crippen molar-refractivity contribution in [3.63, 3.8) is 0 Å². The van der Waals surface area contributed by atoms with E-state index in [1.54, 1.807) is 13.8 Å². The summed E-state index contributed by atoms with van der Waals surface area (Å²) in [6.07, 6.45) is 5.06. The van der Waals surface area contributed by atoms with Gasteiger partial charge in [0, 0.05) is 25.2 Å². The predicted molar refractivity (Wildman–Crippen MR) is 113 cm³/mol. The molecule has 0 saturated heterocycles. The van der Waals surface area contributed by atoms with Crippen LogP contribution in [-0.4, -0.2) is 29.3 Å². The Labute approximate surface area is 176 Å². The third-order valence-corrected chi connectivity index (χ3v) is 5.47. The van der Waals surface area contributed by atoms with Crippen molar-refractivity contribution in [2.45, 2.75) is 52.6 Å². The molecule has 0 radical (unpaired) electrons. The second-order valence-corrected chi connectivity index (χ2v) is 7.69. The fourth-order valence-electron chi connectivity index (χ4n) is 3.73. The van der Waals surface area contributed by atoms with Gasteiger partial charge in [-0.1, -0.05) is 30.4 Å². The number of carbonyl (C=O) groups excluding carboxylic acids is 3. The smallest absolute Gasteiger partial charge is 0.315 e. The molecule has 1 fully saturated rings. The number of carbonyl (C=O) groups is 3. The minimum absolute atomic E-state index is 0.188. The van der Waals surface area contributed by atoms with Crippen LogP contribution in [-0.2, 0) is 23.9 Å². The molecule has 1 aromatic carbocycles. The van der Waals surface area contributed by atoms with Crippen LogP contribution in [0.15, 0.2) is 36.4 Å². The summed E-state index contributed by atoms with van der Waals surface area (Å²) in [6, 6.07) is 9.65. The summed E-state index contributed by atoms with van der Waals surface area (Å²) in [5.74, 6) is -0.436. The van der Waals surface area contributed by atoms with Crippen molar-refractivity contribution in [2.24, 2.45) is 5.41 Å². The largest absolute Gasteiger partial charge is 0.465 e. The Kier molecular flexibility index (Phi) is 6.65. The van der Waals surface area contributed by atoms with Crippen LogP contribution in [0, 0.1) is 5.41 Å². The summed E-state index contributed by atoms with van der Waals surface area (Å²) >= 11 is 0. The van der Waals surface area contributed by atoms with Crippen LogP contribution in [0.4, 0.5) is 0 Å². The van der Waals surface area contributed by atoms with Crippen molar-refractivity contribution in [3.05, 3.63) is 47.7 Å². The highest BCUT2D eigenvalue weighted by atomic mass is 16.5. The zero-order chi connectivity index (χ0) is 21.7. The van der Waals surface area contributed by atoms with Gasteiger partial charge in [0.2, 0.25) is 0 Å². The quantitative estimate of drug-likeness (QED) is 0.650. The molecule has 158 valence electrons. The zero-order valence-electron chi connectivity index (χ0n) is 17.6. The van der Waals surface area contributed by atoms with Crippen LogP contribution in [0.5, 0.6) is 0 Å². The van der Waals surface area contributed by atoms with E-state index in [2.05, 4.69) is 4.98 Å². The number of ether oxygens (including phenoxy) is 2. The highest BCUT2D eigenvalue weighted by Gasteiger charge is 2.40. The fraction of sp³-hybridized carbons (Fsp3) is 0.417. The van der Waals surface area contributed by atoms with E-state index in [4.69, 9.17) is 9.47 Å². The number of Topliss-reactive ketones (excluding diaryl/α,β-unsaturated/α-hetero) is 1. The molecule has 1 saturated carbocycles. The number of nitrogens with zero attached hydrogens (tertiary/aromatic N) is 1. The van der Waals surface area contributed by atoms with Gasteiger partial charge < -0.3 is 9.47 Å². The molecule has 0 unspecified atom stereocenters. The molecule has 30 heavy (non-hydrogen) atoms. The van der Waals surface area contributed by atoms with E-state index < -0.39 is 11.5 Å². The fourth-order valence-corrected chi connectivity index (χ4v) is 3.73. The molecule has 0 bridgehead atoms. The van der Waals surface area contributed by atoms with Crippen molar-refractivity contribution in [1.82, 2.24) is 4.98 Å². The molecule has 1 aliphatic rings. The SMILES string of the molecule is CCOC(=O)C1(/C=C/c2ccc3ccc([C@@H](C)OC(C)=O)nc3c2)CCC(=O)CC1. The Morgan fingerprint density at radius 3 is 2.57 bits per heavy atom. The van der Waals surface area contributed by atoms with E-state index >= 15 is 0 Å². The number of aromatic nitrogens is 1. The molecule has 2 aromatic rings. The molecule has 0 amide bonds. The van der Waals surface area contributed by atoms with Gasteiger partial charge in [0.1, 0.15) is 11.9 Å². The van der Waals surface area contributed by atoms with Crippen LogP contribution in [0.3, 0.4) is 0 Å². The monoisotopic (exact) mass is 409 g/mol. The Morgan fingerprint density at radius 1 is 1.20 bits per heavy atom. The maximum Gasteiger partial charge on any atom is 0.315 e. The standard InChI is InChI=1S/C24H27NO5/c1-4-29-23(28)24(13-10-20(27)11-14-24)12-9-18-5-6-19-7-8-21(25-22(19)15-18)16(2)30-17(3)26/h5-9,12,15-16H,4,10-11,13-14H2,1-3H3/b12-9+/t16-/m1/s1. The lowest BCUT2D eigenvalue weighted by molar-refractivity contribution is -0.154. The van der Waals surface area contributed by atoms with Crippen molar-refractivity contribution in [1.29, 1.82) is 0 Å². The number of hydrogen-bond acceptors (Lipinski definition) is 6. The lowest BCUT2D eigenvalue weighted by Gasteiger charge is -2.31. The molecule has 1 atom stereocenters. The van der Waals surface area contributed by atoms with Crippen molar-refractivity contribution >= 4 is 34.7 Å². The summed E-state index contributed by atoms with van der Waals surface area (Å²) in [4.78, 5) is 40.2. The first-order valence-corrected chi connectivity index (χ1v) is 10.3. The Morgan fingerprint density at radius 2 is 1.90 bits per heavy atom. The Hall–Kier alpha value is -3.02. The summed E-state index contributed by atoms with van der Waals surface area (Å²) in [6.45, 7) is 5.25. The van der Waals surface area contributed by atoms with Gasteiger partial charge in [-0.3, -0.25) is 14.4 Å². The molecule has 6 heteroatoms. The molecule has 6 nitrogen and oxygen atoms in total. The Bertz CT molecular complexity index is 984. The van der Waals surface area contributed by atoms with E-state index in [0.717, 1.165) is 16.5 Å². The highest BCUT2D eigenvalue weighted by Crippen LogP contribution is 2.38. The van der Waals surface area contributed by atoms with Gasteiger partial charge in [-0.05, 0) is 44.4 Å². The number of rotatable bonds is 6. The van der Waals surface area contributed by atoms with Gasteiger partial charge in [-0.2, -0.15) is 0 Å². The normalized spacial score (nSPS) is 17.1. The molecular formula is C24H27NO5. The zero-order valence-corrected chi connectivity index (χ0v) is 17.6. The summed E-state index contributed by atoms with van der Waals surface area (Å²) < 4.78 is 10.5. The molecular weight excluding hydrogens is 382 g/mol. The highest BCUT2D eigenvalue weighted by molar-refractivity contribution is 5.87. The van der Waals surface area contributed by atoms with Crippen LogP contribution >= 0.6 is 0 Å². The first kappa shape index (κ1) is 21.7. The average molecular weight is 409 g/mol. The topological polar surface area (TPSA) is 82.6 Å². The molecule has 0 N–H and O–H groups in total. The predicted octanol–water partition coefficient (Wildman–Crippen LogP) is 4.56. The lowest BCUT2D eigenvalue weighted by atomic mass is 9.73. The third kappa shape index (κ3) is 4.93. The molecule has 1 heterocycles. The third-order valence-electron chi connectivity index (χ3n) is 5.47. The lowest BCUT2D eigenvalue weighted by Crippen LogP contribution is -2.35. The van der Waals surface area contributed by atoms with Crippen LogP contribution in [0.25, 0.3) is 17.0 Å². The van der Waals surface area contributed by atoms with Crippen LogP contribution in [0.2, 0.25) is 0 Å². The molecule has 1 aliphatic carbocycles. The molecule has 0 aliphatic heterocycles. The second kappa shape index (κ2) is 9.20. The summed E-state index contributed by atoms with van der Waals surface area (Å²) in [7, 11) is 0. The van der Waals surface area contributed by atoms with E-state index in [1.165, 1.54) is 6.92 Å². The number of hydrogen-bond donors (Lipinski definition) is 0. The second-order valence-electron chi connectivity index (χ2n) is 7.69. The number of esters is 2. The number of fused-ring (bicyclic) bond motifs is 1. The van der Waals surface area contributed by atoms with Crippen LogP contribution in [0.1, 0.15) is 63.8 Å². The summed E-state index contributed by atoms with van der Waals surface area (Å²) in [5, 5.41) is 0.967. The van der Waals surface area contributed by atoms with Gasteiger partial charge in [0.15, 0.2) is 0 Å². The summed E-state index contributed by atoms with van der Waals surface area (Å²) in [5.41, 5.74) is 1.58. The number of pyridine rings is 1. The first-order valence-electron chi connectivity index (χ1n) is 10.3. The van der Waals surface area contributed by atoms with Crippen molar-refractivity contribution in [2.75, 3.05) is 6.61 Å². The molecule has 3 rings (SSSR count). The molecule has 0 spiro atoms. The van der Waals surface area contributed by atoms with Gasteiger partial charge in [0.25, 0.3) is 0 Å². The number of ketones is 1. The average Bonchev–Trinajstić information content (AvgIpc) is 2.72. The maximum absolute atomic E-state index is 12.6. The first-order chi connectivity index (χ1) is 14.3. The van der Waals surface area contributed by atoms with Crippen molar-refractivity contribution < 1.29 is 23.9 Å². The van der Waals surface area contributed by atoms with Gasteiger partial charge in [-0.15, -0.1) is 0 Å². The van der Waals surface area contributed by atoms with E-state index in [-0.39, 0.29) is 17.7 Å². The minimum Gasteiger partial charge on any atom is -0.465 e. The van der Waals surface area contributed by atoms with Gasteiger partial charge in [-0.25, -0.2) is 4.98 Å². The number of benzene rings is 1. The van der Waals surface area contributed by atoms with Crippen LogP contribution < -0.4 is 0 Å². The molecule has 1 aromatic heterocycles. The van der Waals surface area contributed by atoms with Crippen molar-refractivity contribution in [3.8, 4) is 0 Å².